The lowest BCUT2D eigenvalue weighted by Crippen LogP contribution is -2.49. The smallest absolute Gasteiger partial charge is 0.313 e. The van der Waals surface area contributed by atoms with Gasteiger partial charge in [0.2, 0.25) is 0 Å². The molecule has 33 heavy (non-hydrogen) atoms. The molecule has 0 bridgehead atoms. The van der Waals surface area contributed by atoms with E-state index in [1.807, 2.05) is 31.2 Å². The van der Waals surface area contributed by atoms with Crippen LogP contribution in [-0.4, -0.2) is 52.4 Å². The number of ether oxygens (including phenoxy) is 2. The molecule has 1 fully saturated rings. The zero-order valence-corrected chi connectivity index (χ0v) is 19.4. The Morgan fingerprint density at radius 1 is 1.12 bits per heavy atom. The first-order valence-corrected chi connectivity index (χ1v) is 11.5. The molecule has 2 aromatic carbocycles. The van der Waals surface area contributed by atoms with Gasteiger partial charge >= 0.3 is 5.97 Å². The fourth-order valence-corrected chi connectivity index (χ4v) is 4.82. The number of carbonyl (C=O) groups is 1. The van der Waals surface area contributed by atoms with Crippen LogP contribution in [0.25, 0.3) is 0 Å². The van der Waals surface area contributed by atoms with Crippen molar-refractivity contribution >= 4 is 5.97 Å². The Morgan fingerprint density at radius 2 is 1.97 bits per heavy atom. The number of hydrogen-bond donors (Lipinski definition) is 0. The molecule has 0 saturated carbocycles. The quantitative estimate of drug-likeness (QED) is 0.465. The summed E-state index contributed by atoms with van der Waals surface area (Å²) >= 11 is 0. The minimum atomic E-state index is -0.522. The lowest BCUT2D eigenvalue weighted by atomic mass is 9.75. The maximum absolute atomic E-state index is 13.2. The molecule has 7 heteroatoms. The van der Waals surface area contributed by atoms with Gasteiger partial charge in [-0.3, -0.25) is 9.69 Å². The number of likely N-dealkylation sites (tertiary alicyclic amines) is 1. The second kappa shape index (κ2) is 10.6. The first kappa shape index (κ1) is 23.0. The lowest BCUT2D eigenvalue weighted by Gasteiger charge is -2.41. The van der Waals surface area contributed by atoms with Crippen molar-refractivity contribution in [3.05, 3.63) is 77.9 Å². The summed E-state index contributed by atoms with van der Waals surface area (Å²) in [4.78, 5) is 19.6. The van der Waals surface area contributed by atoms with E-state index in [1.165, 1.54) is 17.5 Å². The van der Waals surface area contributed by atoms with Gasteiger partial charge in [0.1, 0.15) is 18.4 Å². The number of nitrogens with zero attached hydrogens (tertiary/aromatic N) is 4. The molecule has 2 heterocycles. The average Bonchev–Trinajstić information content (AvgIpc) is 3.33. The van der Waals surface area contributed by atoms with Crippen molar-refractivity contribution in [2.45, 2.75) is 39.3 Å². The number of esters is 1. The Morgan fingerprint density at radius 3 is 2.70 bits per heavy atom. The molecular formula is C26H32N4O3. The summed E-state index contributed by atoms with van der Waals surface area (Å²) in [5.74, 6) is 0.748. The van der Waals surface area contributed by atoms with Crippen LogP contribution in [0.3, 0.4) is 0 Å². The molecule has 0 aliphatic carbocycles. The van der Waals surface area contributed by atoms with Crippen molar-refractivity contribution in [1.82, 2.24) is 19.7 Å². The SMILES string of the molecule is CCOC(=O)[C@]1(Cc2ccccc2)CCCN(Cc2ccc(OC)c(Cn3cncn3)c2)C1. The van der Waals surface area contributed by atoms with Gasteiger partial charge < -0.3 is 9.47 Å². The maximum Gasteiger partial charge on any atom is 0.313 e. The van der Waals surface area contributed by atoms with E-state index < -0.39 is 5.41 Å². The molecule has 7 nitrogen and oxygen atoms in total. The highest BCUT2D eigenvalue weighted by molar-refractivity contribution is 5.77. The van der Waals surface area contributed by atoms with Crippen molar-refractivity contribution in [2.75, 3.05) is 26.8 Å². The molecule has 0 N–H and O–H groups in total. The van der Waals surface area contributed by atoms with Crippen LogP contribution in [0.15, 0.2) is 61.2 Å². The van der Waals surface area contributed by atoms with Crippen molar-refractivity contribution < 1.29 is 14.3 Å². The van der Waals surface area contributed by atoms with Gasteiger partial charge in [-0.05, 0) is 56.0 Å². The fourth-order valence-electron chi connectivity index (χ4n) is 4.82. The second-order valence-corrected chi connectivity index (χ2v) is 8.72. The lowest BCUT2D eigenvalue weighted by molar-refractivity contribution is -0.159. The van der Waals surface area contributed by atoms with Crippen LogP contribution in [0.1, 0.15) is 36.5 Å². The summed E-state index contributed by atoms with van der Waals surface area (Å²) in [5, 5.41) is 4.22. The summed E-state index contributed by atoms with van der Waals surface area (Å²) in [5.41, 5.74) is 2.89. The Balaban J connectivity index is 1.53. The summed E-state index contributed by atoms with van der Waals surface area (Å²) < 4.78 is 12.9. The van der Waals surface area contributed by atoms with E-state index in [0.717, 1.165) is 37.2 Å². The van der Waals surface area contributed by atoms with E-state index in [9.17, 15) is 4.79 Å². The van der Waals surface area contributed by atoms with Gasteiger partial charge in [-0.25, -0.2) is 9.67 Å². The van der Waals surface area contributed by atoms with Crippen LogP contribution >= 0.6 is 0 Å². The van der Waals surface area contributed by atoms with Gasteiger partial charge in [-0.1, -0.05) is 36.4 Å². The van der Waals surface area contributed by atoms with Crippen LogP contribution in [0.2, 0.25) is 0 Å². The van der Waals surface area contributed by atoms with Gasteiger partial charge in [-0.15, -0.1) is 0 Å². The van der Waals surface area contributed by atoms with Gasteiger partial charge in [0.25, 0.3) is 0 Å². The third kappa shape index (κ3) is 5.60. The highest BCUT2D eigenvalue weighted by Crippen LogP contribution is 2.36. The number of carbonyl (C=O) groups excluding carboxylic acids is 1. The number of benzene rings is 2. The molecule has 174 valence electrons. The molecule has 1 aliphatic rings. The molecule has 1 aromatic heterocycles. The van der Waals surface area contributed by atoms with Gasteiger partial charge in [0, 0.05) is 18.7 Å². The Labute approximate surface area is 195 Å². The van der Waals surface area contributed by atoms with Gasteiger partial charge in [-0.2, -0.15) is 5.10 Å². The Bertz CT molecular complexity index is 1040. The maximum atomic E-state index is 13.2. The third-order valence-corrected chi connectivity index (χ3v) is 6.30. The molecule has 1 atom stereocenters. The van der Waals surface area contributed by atoms with E-state index >= 15 is 0 Å². The second-order valence-electron chi connectivity index (χ2n) is 8.72. The fraction of sp³-hybridized carbons (Fsp3) is 0.423. The van der Waals surface area contributed by atoms with E-state index in [0.29, 0.717) is 26.1 Å². The third-order valence-electron chi connectivity index (χ3n) is 6.30. The first-order chi connectivity index (χ1) is 16.1. The monoisotopic (exact) mass is 448 g/mol. The highest BCUT2D eigenvalue weighted by atomic mass is 16.5. The predicted molar refractivity (Wildman–Crippen MR) is 126 cm³/mol. The van der Waals surface area contributed by atoms with Crippen LogP contribution in [0.5, 0.6) is 5.75 Å². The molecule has 1 saturated heterocycles. The standard InChI is InChI=1S/C26H32N4O3/c1-3-33-25(31)26(15-21-8-5-4-6-9-21)12-7-13-29(18-26)16-22-10-11-24(32-2)23(14-22)17-30-20-27-19-28-30/h4-6,8-11,14,19-20H,3,7,12-13,15-18H2,1-2H3/t26-/m0/s1. The molecule has 4 rings (SSSR count). The molecule has 3 aromatic rings. The van der Waals surface area contributed by atoms with E-state index in [4.69, 9.17) is 9.47 Å². The van der Waals surface area contributed by atoms with Crippen LogP contribution in [0.4, 0.5) is 0 Å². The Hall–Kier alpha value is -3.19. The number of rotatable bonds is 9. The zero-order valence-electron chi connectivity index (χ0n) is 19.4. The number of hydrogen-bond acceptors (Lipinski definition) is 6. The molecule has 0 radical (unpaired) electrons. The van der Waals surface area contributed by atoms with E-state index in [1.54, 1.807) is 18.1 Å². The molecular weight excluding hydrogens is 416 g/mol. The average molecular weight is 449 g/mol. The van der Waals surface area contributed by atoms with Crippen LogP contribution in [-0.2, 0) is 29.0 Å². The zero-order chi connectivity index (χ0) is 23.1. The topological polar surface area (TPSA) is 69.5 Å². The van der Waals surface area contributed by atoms with Crippen LogP contribution in [0, 0.1) is 5.41 Å². The molecule has 0 amide bonds. The molecule has 1 aliphatic heterocycles. The van der Waals surface area contributed by atoms with Crippen molar-refractivity contribution in [2.24, 2.45) is 5.41 Å². The van der Waals surface area contributed by atoms with Gasteiger partial charge in [0.05, 0.1) is 25.7 Å². The summed E-state index contributed by atoms with van der Waals surface area (Å²) in [7, 11) is 1.68. The van der Waals surface area contributed by atoms with Crippen molar-refractivity contribution in [1.29, 1.82) is 0 Å². The summed E-state index contributed by atoms with van der Waals surface area (Å²) in [6.45, 7) is 5.29. The van der Waals surface area contributed by atoms with E-state index in [2.05, 4.69) is 39.2 Å². The van der Waals surface area contributed by atoms with Crippen molar-refractivity contribution in [3.8, 4) is 5.75 Å². The van der Waals surface area contributed by atoms with Crippen molar-refractivity contribution in [3.63, 3.8) is 0 Å². The number of aromatic nitrogens is 3. The van der Waals surface area contributed by atoms with Crippen LogP contribution < -0.4 is 4.74 Å². The number of methoxy groups -OCH3 is 1. The molecule has 0 unspecified atom stereocenters. The minimum absolute atomic E-state index is 0.0832. The predicted octanol–water partition coefficient (Wildman–Crippen LogP) is 3.72. The minimum Gasteiger partial charge on any atom is -0.496 e. The Kier molecular flexibility index (Phi) is 7.40. The first-order valence-electron chi connectivity index (χ1n) is 11.5. The molecule has 0 spiro atoms. The normalized spacial score (nSPS) is 18.7. The highest BCUT2D eigenvalue weighted by Gasteiger charge is 2.43. The summed E-state index contributed by atoms with van der Waals surface area (Å²) in [6, 6.07) is 16.5. The largest absolute Gasteiger partial charge is 0.496 e. The number of piperidine rings is 1. The van der Waals surface area contributed by atoms with E-state index in [-0.39, 0.29) is 5.97 Å². The summed E-state index contributed by atoms with van der Waals surface area (Å²) in [6.07, 6.45) is 5.74. The van der Waals surface area contributed by atoms with Gasteiger partial charge in [0.15, 0.2) is 0 Å².